The second-order valence-electron chi connectivity index (χ2n) is 5.81. The van der Waals surface area contributed by atoms with Gasteiger partial charge >= 0.3 is 0 Å². The molecule has 0 spiro atoms. The minimum atomic E-state index is -0.324. The maximum absolute atomic E-state index is 12.5. The Morgan fingerprint density at radius 3 is 2.63 bits per heavy atom. The van der Waals surface area contributed by atoms with Gasteiger partial charge in [-0.05, 0) is 38.1 Å². The van der Waals surface area contributed by atoms with Crippen molar-refractivity contribution in [3.8, 4) is 5.75 Å². The number of aryl methyl sites for hydroxylation is 1. The number of anilines is 3. The van der Waals surface area contributed by atoms with Crippen LogP contribution in [0.1, 0.15) is 12.5 Å². The van der Waals surface area contributed by atoms with Gasteiger partial charge in [-0.3, -0.25) is 4.79 Å². The molecule has 3 rings (SSSR count). The molecule has 0 fully saturated rings. The van der Waals surface area contributed by atoms with Crippen LogP contribution in [0.4, 0.5) is 16.5 Å². The van der Waals surface area contributed by atoms with Gasteiger partial charge in [0.15, 0.2) is 4.34 Å². The van der Waals surface area contributed by atoms with E-state index in [0.717, 1.165) is 10.0 Å². The van der Waals surface area contributed by atoms with Gasteiger partial charge in [-0.1, -0.05) is 52.9 Å². The van der Waals surface area contributed by atoms with Gasteiger partial charge < -0.3 is 15.4 Å². The molecule has 0 aliphatic rings. The third-order valence-corrected chi connectivity index (χ3v) is 5.74. The van der Waals surface area contributed by atoms with Crippen molar-refractivity contribution in [3.63, 3.8) is 0 Å². The molecule has 0 radical (unpaired) electrons. The standard InChI is InChI=1S/C19H20N4O2S2/c1-12-8-10-14(11-9-12)20-18-22-23-19(27-18)26-13(2)17(24)21-15-6-4-5-7-16(15)25-3/h4-11,13H,1-3H3,(H,20,22)(H,21,24)/t13-/m1/s1. The molecule has 1 atom stereocenters. The molecule has 0 saturated carbocycles. The van der Waals surface area contributed by atoms with Crippen LogP contribution in [0.25, 0.3) is 0 Å². The summed E-state index contributed by atoms with van der Waals surface area (Å²) in [5, 5.41) is 14.8. The lowest BCUT2D eigenvalue weighted by molar-refractivity contribution is -0.115. The summed E-state index contributed by atoms with van der Waals surface area (Å²) in [6.07, 6.45) is 0. The number of nitrogens with zero attached hydrogens (tertiary/aromatic N) is 2. The van der Waals surface area contributed by atoms with Gasteiger partial charge in [-0.15, -0.1) is 10.2 Å². The first-order chi connectivity index (χ1) is 13.0. The highest BCUT2D eigenvalue weighted by Gasteiger charge is 2.18. The van der Waals surface area contributed by atoms with Gasteiger partial charge in [-0.25, -0.2) is 0 Å². The summed E-state index contributed by atoms with van der Waals surface area (Å²) in [5.41, 5.74) is 2.80. The van der Waals surface area contributed by atoms with Crippen molar-refractivity contribution in [1.82, 2.24) is 10.2 Å². The Morgan fingerprint density at radius 2 is 1.89 bits per heavy atom. The summed E-state index contributed by atoms with van der Waals surface area (Å²) in [6, 6.07) is 15.4. The molecule has 6 nitrogen and oxygen atoms in total. The molecule has 2 aromatic carbocycles. The molecule has 8 heteroatoms. The fourth-order valence-electron chi connectivity index (χ4n) is 2.26. The molecule has 0 aliphatic heterocycles. The van der Waals surface area contributed by atoms with E-state index < -0.39 is 0 Å². The quantitative estimate of drug-likeness (QED) is 0.559. The van der Waals surface area contributed by atoms with Crippen LogP contribution in [-0.4, -0.2) is 28.5 Å². The average Bonchev–Trinajstić information content (AvgIpc) is 3.10. The highest BCUT2D eigenvalue weighted by Crippen LogP contribution is 2.31. The first-order valence-corrected chi connectivity index (χ1v) is 10.0. The zero-order chi connectivity index (χ0) is 19.2. The van der Waals surface area contributed by atoms with E-state index in [-0.39, 0.29) is 11.2 Å². The summed E-state index contributed by atoms with van der Waals surface area (Å²) < 4.78 is 5.99. The van der Waals surface area contributed by atoms with Gasteiger partial charge in [0.25, 0.3) is 0 Å². The molecule has 2 N–H and O–H groups in total. The van der Waals surface area contributed by atoms with Crippen molar-refractivity contribution in [1.29, 1.82) is 0 Å². The van der Waals surface area contributed by atoms with Crippen molar-refractivity contribution < 1.29 is 9.53 Å². The van der Waals surface area contributed by atoms with E-state index in [2.05, 4.69) is 20.8 Å². The van der Waals surface area contributed by atoms with E-state index in [4.69, 9.17) is 4.74 Å². The first kappa shape index (κ1) is 19.2. The Morgan fingerprint density at radius 1 is 1.15 bits per heavy atom. The number of methoxy groups -OCH3 is 1. The van der Waals surface area contributed by atoms with Crippen LogP contribution < -0.4 is 15.4 Å². The second kappa shape index (κ2) is 8.88. The average molecular weight is 401 g/mol. The molecular formula is C19H20N4O2S2. The summed E-state index contributed by atoms with van der Waals surface area (Å²) >= 11 is 2.79. The molecule has 0 unspecified atom stereocenters. The molecule has 1 heterocycles. The van der Waals surface area contributed by atoms with Crippen molar-refractivity contribution in [2.24, 2.45) is 0 Å². The fraction of sp³-hybridized carbons (Fsp3) is 0.211. The van der Waals surface area contributed by atoms with Crippen molar-refractivity contribution in [3.05, 3.63) is 54.1 Å². The van der Waals surface area contributed by atoms with Crippen LogP contribution in [0.3, 0.4) is 0 Å². The lowest BCUT2D eigenvalue weighted by Gasteiger charge is -2.12. The summed E-state index contributed by atoms with van der Waals surface area (Å²) in [6.45, 7) is 3.88. The molecular weight excluding hydrogens is 380 g/mol. The van der Waals surface area contributed by atoms with Gasteiger partial charge in [0.05, 0.1) is 18.0 Å². The smallest absolute Gasteiger partial charge is 0.237 e. The number of carbonyl (C=O) groups is 1. The largest absolute Gasteiger partial charge is 0.495 e. The lowest BCUT2D eigenvalue weighted by Crippen LogP contribution is -2.22. The number of nitrogens with one attached hydrogen (secondary N) is 2. The lowest BCUT2D eigenvalue weighted by atomic mass is 10.2. The van der Waals surface area contributed by atoms with E-state index in [9.17, 15) is 4.79 Å². The Labute approximate surface area is 166 Å². The molecule has 0 saturated heterocycles. The second-order valence-corrected chi connectivity index (χ2v) is 8.38. The Kier molecular flexibility index (Phi) is 6.31. The minimum Gasteiger partial charge on any atom is -0.495 e. The highest BCUT2D eigenvalue weighted by atomic mass is 32.2. The third-order valence-electron chi connectivity index (χ3n) is 3.72. The predicted octanol–water partition coefficient (Wildman–Crippen LogP) is 4.72. The van der Waals surface area contributed by atoms with Crippen molar-refractivity contribution >= 4 is 45.5 Å². The van der Waals surface area contributed by atoms with E-state index in [1.807, 2.05) is 56.3 Å². The summed E-state index contributed by atoms with van der Waals surface area (Å²) in [5.74, 6) is 0.510. The fourth-order valence-corrected chi connectivity index (χ4v) is 4.17. The number of amides is 1. The van der Waals surface area contributed by atoms with Crippen LogP contribution in [0.15, 0.2) is 52.9 Å². The number of rotatable bonds is 7. The van der Waals surface area contributed by atoms with Crippen LogP contribution in [-0.2, 0) is 4.79 Å². The number of ether oxygens (including phenoxy) is 1. The zero-order valence-corrected chi connectivity index (χ0v) is 16.9. The van der Waals surface area contributed by atoms with E-state index in [1.165, 1.54) is 28.7 Å². The summed E-state index contributed by atoms with van der Waals surface area (Å²) in [4.78, 5) is 12.5. The molecule has 27 heavy (non-hydrogen) atoms. The Hall–Kier alpha value is -2.58. The Bertz CT molecular complexity index is 912. The van der Waals surface area contributed by atoms with Crippen LogP contribution >= 0.6 is 23.1 Å². The number of thioether (sulfide) groups is 1. The first-order valence-electron chi connectivity index (χ1n) is 8.33. The van der Waals surface area contributed by atoms with Crippen LogP contribution in [0, 0.1) is 6.92 Å². The molecule has 3 aromatic rings. The topological polar surface area (TPSA) is 76.1 Å². The maximum Gasteiger partial charge on any atom is 0.237 e. The van der Waals surface area contributed by atoms with Gasteiger partial charge in [-0.2, -0.15) is 0 Å². The Balaban J connectivity index is 1.59. The molecule has 0 bridgehead atoms. The van der Waals surface area contributed by atoms with Gasteiger partial charge in [0.1, 0.15) is 5.75 Å². The minimum absolute atomic E-state index is 0.118. The maximum atomic E-state index is 12.5. The van der Waals surface area contributed by atoms with Crippen molar-refractivity contribution in [2.45, 2.75) is 23.4 Å². The molecule has 1 aromatic heterocycles. The SMILES string of the molecule is COc1ccccc1NC(=O)[C@@H](C)Sc1nnc(Nc2ccc(C)cc2)s1. The number of hydrogen-bond acceptors (Lipinski definition) is 7. The molecule has 1 amide bonds. The third kappa shape index (κ3) is 5.21. The monoisotopic (exact) mass is 400 g/mol. The molecule has 0 aliphatic carbocycles. The highest BCUT2D eigenvalue weighted by molar-refractivity contribution is 8.02. The van der Waals surface area contributed by atoms with Crippen molar-refractivity contribution in [2.75, 3.05) is 17.7 Å². The predicted molar refractivity (Wildman–Crippen MR) is 111 cm³/mol. The zero-order valence-electron chi connectivity index (χ0n) is 15.2. The number of para-hydroxylation sites is 2. The number of benzene rings is 2. The normalized spacial score (nSPS) is 11.7. The van der Waals surface area contributed by atoms with E-state index in [0.29, 0.717) is 16.6 Å². The summed E-state index contributed by atoms with van der Waals surface area (Å²) in [7, 11) is 1.58. The number of hydrogen-bond donors (Lipinski definition) is 2. The van der Waals surface area contributed by atoms with Gasteiger partial charge in [0.2, 0.25) is 11.0 Å². The van der Waals surface area contributed by atoms with Crippen LogP contribution in [0.2, 0.25) is 0 Å². The van der Waals surface area contributed by atoms with Crippen LogP contribution in [0.5, 0.6) is 5.75 Å². The number of aromatic nitrogens is 2. The van der Waals surface area contributed by atoms with E-state index in [1.54, 1.807) is 13.2 Å². The number of carbonyl (C=O) groups excluding carboxylic acids is 1. The molecule has 140 valence electrons. The van der Waals surface area contributed by atoms with E-state index >= 15 is 0 Å². The van der Waals surface area contributed by atoms with Gasteiger partial charge in [0, 0.05) is 5.69 Å².